The average Bonchev–Trinajstić information content (AvgIpc) is 2.61. The maximum Gasteiger partial charge on any atom is 0.410 e. The number of piperidine rings is 2. The summed E-state index contributed by atoms with van der Waals surface area (Å²) in [4.78, 5) is 53.6. The summed E-state index contributed by atoms with van der Waals surface area (Å²) in [6.45, 7) is 5.79. The second-order valence-corrected chi connectivity index (χ2v) is 7.69. The van der Waals surface area contributed by atoms with Crippen molar-refractivity contribution >= 4 is 29.5 Å². The minimum atomic E-state index is -0.836. The number of nitrogens with two attached hydrogens (primary N) is 1. The quantitative estimate of drug-likeness (QED) is 0.439. The summed E-state index contributed by atoms with van der Waals surface area (Å²) in [6.07, 6.45) is 0.273. The van der Waals surface area contributed by atoms with Crippen LogP contribution in [0.1, 0.15) is 40.0 Å². The zero-order valence-electron chi connectivity index (χ0n) is 16.6. The van der Waals surface area contributed by atoms with Gasteiger partial charge in [0, 0.05) is 37.7 Å². The van der Waals surface area contributed by atoms with Crippen molar-refractivity contribution in [2.24, 2.45) is 10.7 Å². The Hall–Kier alpha value is -2.91. The smallest absolute Gasteiger partial charge is 0.410 e. The number of nitrogens with one attached hydrogen (secondary N) is 2. The molecule has 154 valence electrons. The maximum atomic E-state index is 12.6. The van der Waals surface area contributed by atoms with E-state index in [1.165, 1.54) is 4.90 Å². The van der Waals surface area contributed by atoms with Gasteiger partial charge in [0.15, 0.2) is 0 Å². The van der Waals surface area contributed by atoms with E-state index in [-0.39, 0.29) is 31.0 Å². The molecule has 0 radical (unpaired) electrons. The van der Waals surface area contributed by atoms with E-state index in [0.717, 1.165) is 0 Å². The Kier molecular flexibility index (Phi) is 6.42. The van der Waals surface area contributed by atoms with Gasteiger partial charge in [0.05, 0.1) is 6.54 Å². The van der Waals surface area contributed by atoms with Gasteiger partial charge in [-0.2, -0.15) is 0 Å². The molecule has 10 nitrogen and oxygen atoms in total. The standard InChI is InChI=1S/C18H27N5O5/c1-18(2,3)28-17(27)23-8-7-11(20-4)10(9-23)14(19)16(26)21-12-5-6-13(24)22-15(12)25/h12H,5-9,19H2,1-4H3,(H,21,26)(H,22,24,25)/t12-/m0/s1. The summed E-state index contributed by atoms with van der Waals surface area (Å²) in [5.74, 6) is -1.58. The van der Waals surface area contributed by atoms with Crippen molar-refractivity contribution in [2.45, 2.75) is 51.7 Å². The number of amides is 4. The van der Waals surface area contributed by atoms with Gasteiger partial charge < -0.3 is 20.7 Å². The molecule has 1 atom stereocenters. The molecule has 2 aliphatic rings. The molecule has 2 fully saturated rings. The number of ether oxygens (including phenoxy) is 1. The average molecular weight is 393 g/mol. The van der Waals surface area contributed by atoms with E-state index in [2.05, 4.69) is 15.6 Å². The number of likely N-dealkylation sites (tertiary alicyclic amines) is 1. The van der Waals surface area contributed by atoms with Crippen molar-refractivity contribution < 1.29 is 23.9 Å². The molecule has 2 aliphatic heterocycles. The van der Waals surface area contributed by atoms with Crippen molar-refractivity contribution in [3.05, 3.63) is 11.3 Å². The van der Waals surface area contributed by atoms with E-state index in [9.17, 15) is 19.2 Å². The maximum absolute atomic E-state index is 12.6. The molecule has 10 heteroatoms. The SMILES string of the molecule is CN=C1CCN(C(=O)OC(C)(C)C)CC1=C(N)C(=O)N[C@H]1CCC(=O)NC1=O. The Morgan fingerprint density at radius 1 is 1.29 bits per heavy atom. The van der Waals surface area contributed by atoms with Gasteiger partial charge in [-0.3, -0.25) is 24.7 Å². The molecule has 4 amide bonds. The fourth-order valence-corrected chi connectivity index (χ4v) is 2.93. The Bertz CT molecular complexity index is 750. The summed E-state index contributed by atoms with van der Waals surface area (Å²) in [5, 5.41) is 4.71. The lowest BCUT2D eigenvalue weighted by atomic mass is 9.99. The van der Waals surface area contributed by atoms with Crippen LogP contribution >= 0.6 is 0 Å². The summed E-state index contributed by atoms with van der Waals surface area (Å²) in [5.41, 5.74) is 6.33. The number of carbonyl (C=O) groups is 4. The van der Waals surface area contributed by atoms with Crippen molar-refractivity contribution in [2.75, 3.05) is 20.1 Å². The normalized spacial score (nSPS) is 23.9. The van der Waals surface area contributed by atoms with Crippen LogP contribution in [0, 0.1) is 0 Å². The minimum Gasteiger partial charge on any atom is -0.444 e. The molecular weight excluding hydrogens is 366 g/mol. The van der Waals surface area contributed by atoms with E-state index >= 15 is 0 Å². The van der Waals surface area contributed by atoms with Gasteiger partial charge in [0.1, 0.15) is 17.3 Å². The molecule has 28 heavy (non-hydrogen) atoms. The van der Waals surface area contributed by atoms with Gasteiger partial charge in [0.25, 0.3) is 5.91 Å². The van der Waals surface area contributed by atoms with Gasteiger partial charge >= 0.3 is 6.09 Å². The van der Waals surface area contributed by atoms with E-state index in [1.807, 2.05) is 0 Å². The largest absolute Gasteiger partial charge is 0.444 e. The van der Waals surface area contributed by atoms with Crippen LogP contribution < -0.4 is 16.4 Å². The molecule has 2 heterocycles. The summed E-state index contributed by atoms with van der Waals surface area (Å²) in [6, 6.07) is -0.836. The molecule has 0 spiro atoms. The van der Waals surface area contributed by atoms with Crippen LogP contribution in [-0.4, -0.2) is 66.2 Å². The molecule has 0 aromatic heterocycles. The first kappa shape index (κ1) is 21.4. The van der Waals surface area contributed by atoms with Crippen LogP contribution in [0.5, 0.6) is 0 Å². The predicted octanol–water partition coefficient (Wildman–Crippen LogP) is -0.168. The number of hydrogen-bond acceptors (Lipinski definition) is 7. The summed E-state index contributed by atoms with van der Waals surface area (Å²) >= 11 is 0. The van der Waals surface area contributed by atoms with Gasteiger partial charge in [-0.25, -0.2) is 4.79 Å². The highest BCUT2D eigenvalue weighted by Gasteiger charge is 2.32. The highest BCUT2D eigenvalue weighted by atomic mass is 16.6. The van der Waals surface area contributed by atoms with Gasteiger partial charge in [0.2, 0.25) is 11.8 Å². The second-order valence-electron chi connectivity index (χ2n) is 7.69. The third-order valence-electron chi connectivity index (χ3n) is 4.35. The summed E-state index contributed by atoms with van der Waals surface area (Å²) < 4.78 is 5.38. The third kappa shape index (κ3) is 5.30. The van der Waals surface area contributed by atoms with Crippen LogP contribution in [0.15, 0.2) is 16.3 Å². The van der Waals surface area contributed by atoms with Crippen LogP contribution in [0.3, 0.4) is 0 Å². The lowest BCUT2D eigenvalue weighted by molar-refractivity contribution is -0.136. The zero-order valence-corrected chi connectivity index (χ0v) is 16.6. The van der Waals surface area contributed by atoms with E-state index in [0.29, 0.717) is 24.3 Å². The van der Waals surface area contributed by atoms with E-state index in [4.69, 9.17) is 10.5 Å². The Balaban J connectivity index is 2.15. The van der Waals surface area contributed by atoms with Crippen LogP contribution in [0.2, 0.25) is 0 Å². The highest BCUT2D eigenvalue weighted by Crippen LogP contribution is 2.19. The number of nitrogens with zero attached hydrogens (tertiary/aromatic N) is 2. The fourth-order valence-electron chi connectivity index (χ4n) is 2.93. The number of hydrogen-bond donors (Lipinski definition) is 3. The first-order valence-electron chi connectivity index (χ1n) is 9.09. The number of aliphatic imine (C=N–C) groups is 1. The monoisotopic (exact) mass is 393 g/mol. The van der Waals surface area contributed by atoms with Crippen LogP contribution in [0.25, 0.3) is 0 Å². The Labute approximate surface area is 163 Å². The number of carbonyl (C=O) groups excluding carboxylic acids is 4. The molecule has 2 saturated heterocycles. The van der Waals surface area contributed by atoms with E-state index in [1.54, 1.807) is 27.8 Å². The van der Waals surface area contributed by atoms with Gasteiger partial charge in [-0.15, -0.1) is 0 Å². The Morgan fingerprint density at radius 3 is 2.54 bits per heavy atom. The third-order valence-corrected chi connectivity index (χ3v) is 4.35. The molecule has 0 saturated carbocycles. The van der Waals surface area contributed by atoms with Crippen LogP contribution in [0.4, 0.5) is 4.79 Å². The molecule has 0 aromatic rings. The van der Waals surface area contributed by atoms with Crippen LogP contribution in [-0.2, 0) is 19.1 Å². The molecule has 4 N–H and O–H groups in total. The molecular formula is C18H27N5O5. The predicted molar refractivity (Wildman–Crippen MR) is 101 cm³/mol. The topological polar surface area (TPSA) is 143 Å². The van der Waals surface area contributed by atoms with Gasteiger partial charge in [-0.1, -0.05) is 0 Å². The highest BCUT2D eigenvalue weighted by molar-refractivity contribution is 6.10. The molecule has 2 rings (SSSR count). The summed E-state index contributed by atoms with van der Waals surface area (Å²) in [7, 11) is 1.59. The minimum absolute atomic E-state index is 0.0796. The zero-order chi connectivity index (χ0) is 21.1. The van der Waals surface area contributed by atoms with Gasteiger partial charge in [-0.05, 0) is 27.2 Å². The molecule has 0 aliphatic carbocycles. The van der Waals surface area contributed by atoms with Crippen molar-refractivity contribution in [1.29, 1.82) is 0 Å². The Morgan fingerprint density at radius 2 is 1.96 bits per heavy atom. The number of imide groups is 1. The number of rotatable bonds is 2. The first-order valence-corrected chi connectivity index (χ1v) is 9.09. The van der Waals surface area contributed by atoms with Crippen molar-refractivity contribution in [3.8, 4) is 0 Å². The van der Waals surface area contributed by atoms with Crippen molar-refractivity contribution in [1.82, 2.24) is 15.5 Å². The lowest BCUT2D eigenvalue weighted by Gasteiger charge is -2.32. The van der Waals surface area contributed by atoms with Crippen molar-refractivity contribution in [3.63, 3.8) is 0 Å². The molecule has 0 bridgehead atoms. The second kappa shape index (κ2) is 8.41. The van der Waals surface area contributed by atoms with E-state index < -0.39 is 29.6 Å². The lowest BCUT2D eigenvalue weighted by Crippen LogP contribution is -2.53. The fraction of sp³-hybridized carbons (Fsp3) is 0.611. The molecule has 0 unspecified atom stereocenters. The first-order chi connectivity index (χ1) is 13.0. The molecule has 0 aromatic carbocycles.